The Hall–Kier alpha value is -3.34. The Morgan fingerprint density at radius 3 is 2.62 bits per heavy atom. The quantitative estimate of drug-likeness (QED) is 0.348. The van der Waals surface area contributed by atoms with Gasteiger partial charge in [-0.3, -0.25) is 25.8 Å². The molecule has 1 aromatic carbocycles. The number of benzene rings is 1. The van der Waals surface area contributed by atoms with Crippen molar-refractivity contribution in [2.75, 3.05) is 31.0 Å². The minimum Gasteiger partial charge on any atom is -0.385 e. The highest BCUT2D eigenvalue weighted by Crippen LogP contribution is 2.28. The van der Waals surface area contributed by atoms with Crippen LogP contribution in [0, 0.1) is 15.9 Å². The Morgan fingerprint density at radius 2 is 1.96 bits per heavy atom. The minimum absolute atomic E-state index is 0.0136. The van der Waals surface area contributed by atoms with Crippen LogP contribution < -0.4 is 16.2 Å². The zero-order valence-electron chi connectivity index (χ0n) is 13.9. The molecule has 2 aromatic rings. The van der Waals surface area contributed by atoms with Gasteiger partial charge in [-0.15, -0.1) is 0 Å². The van der Waals surface area contributed by atoms with Crippen molar-refractivity contribution in [3.05, 3.63) is 52.1 Å². The fraction of sp³-hybridized carbons (Fsp3) is 0.267. The van der Waals surface area contributed by atoms with Crippen LogP contribution in [-0.2, 0) is 4.74 Å². The lowest BCUT2D eigenvalue weighted by atomic mass is 10.2. The first-order valence-electron chi connectivity index (χ1n) is 7.57. The SMILES string of the molecule is COCCCNc1ncnc(NNC(=O)c2ccc(F)cc2)c1[N+](=O)[O-]. The first-order valence-corrected chi connectivity index (χ1v) is 7.57. The number of ether oxygens (including phenoxy) is 1. The van der Waals surface area contributed by atoms with Gasteiger partial charge in [-0.2, -0.15) is 0 Å². The van der Waals surface area contributed by atoms with Crippen LogP contribution in [0.15, 0.2) is 30.6 Å². The van der Waals surface area contributed by atoms with Crippen LogP contribution in [-0.4, -0.2) is 41.1 Å². The Kier molecular flexibility index (Phi) is 6.74. The van der Waals surface area contributed by atoms with E-state index in [9.17, 15) is 19.3 Å². The van der Waals surface area contributed by atoms with E-state index in [4.69, 9.17) is 4.74 Å². The standard InChI is InChI=1S/C15H17FN6O4/c1-26-8-2-7-17-13-12(22(24)25)14(19-9-18-13)20-21-15(23)10-3-5-11(16)6-4-10/h3-6,9H,2,7-8H2,1H3,(H,21,23)(H2,17,18,19,20). The number of rotatable bonds is 9. The summed E-state index contributed by atoms with van der Waals surface area (Å²) in [6.07, 6.45) is 1.75. The molecule has 0 fully saturated rings. The third-order valence-electron chi connectivity index (χ3n) is 3.22. The van der Waals surface area contributed by atoms with Crippen molar-refractivity contribution in [3.63, 3.8) is 0 Å². The molecule has 26 heavy (non-hydrogen) atoms. The van der Waals surface area contributed by atoms with Crippen molar-refractivity contribution in [2.45, 2.75) is 6.42 Å². The molecule has 3 N–H and O–H groups in total. The van der Waals surface area contributed by atoms with Crippen LogP contribution in [0.1, 0.15) is 16.8 Å². The molecule has 0 unspecified atom stereocenters. The molecule has 0 aliphatic carbocycles. The molecule has 0 saturated carbocycles. The molecule has 2 rings (SSSR count). The maximum Gasteiger partial charge on any atom is 0.354 e. The van der Waals surface area contributed by atoms with Crippen molar-refractivity contribution in [1.29, 1.82) is 0 Å². The van der Waals surface area contributed by atoms with E-state index in [-0.39, 0.29) is 17.2 Å². The van der Waals surface area contributed by atoms with E-state index in [2.05, 4.69) is 26.1 Å². The van der Waals surface area contributed by atoms with Crippen molar-refractivity contribution >= 4 is 23.2 Å². The second-order valence-electron chi connectivity index (χ2n) is 5.04. The first kappa shape index (κ1) is 19.0. The van der Waals surface area contributed by atoms with Gasteiger partial charge in [-0.25, -0.2) is 14.4 Å². The lowest BCUT2D eigenvalue weighted by Crippen LogP contribution is -2.30. The van der Waals surface area contributed by atoms with E-state index in [0.29, 0.717) is 19.6 Å². The fourth-order valence-electron chi connectivity index (χ4n) is 1.99. The van der Waals surface area contributed by atoms with Crippen LogP contribution in [0.5, 0.6) is 0 Å². The number of hydrogen-bond donors (Lipinski definition) is 3. The summed E-state index contributed by atoms with van der Waals surface area (Å²) in [5, 5.41) is 14.2. The zero-order chi connectivity index (χ0) is 18.9. The molecule has 0 spiro atoms. The van der Waals surface area contributed by atoms with Crippen LogP contribution in [0.2, 0.25) is 0 Å². The third kappa shape index (κ3) is 5.08. The number of halogens is 1. The molecule has 0 aliphatic rings. The molecule has 11 heteroatoms. The van der Waals surface area contributed by atoms with Gasteiger partial charge in [0.25, 0.3) is 5.91 Å². The van der Waals surface area contributed by atoms with Gasteiger partial charge in [-0.05, 0) is 30.7 Å². The van der Waals surface area contributed by atoms with E-state index >= 15 is 0 Å². The number of nitro groups is 1. The second-order valence-corrected chi connectivity index (χ2v) is 5.04. The lowest BCUT2D eigenvalue weighted by molar-refractivity contribution is -0.383. The molecular weight excluding hydrogens is 347 g/mol. The summed E-state index contributed by atoms with van der Waals surface area (Å²) in [6.45, 7) is 0.901. The second kappa shape index (κ2) is 9.22. The van der Waals surface area contributed by atoms with Gasteiger partial charge in [0.2, 0.25) is 11.6 Å². The summed E-state index contributed by atoms with van der Waals surface area (Å²) in [6, 6.07) is 4.82. The highest BCUT2D eigenvalue weighted by Gasteiger charge is 2.23. The van der Waals surface area contributed by atoms with Gasteiger partial charge < -0.3 is 10.1 Å². The Morgan fingerprint density at radius 1 is 1.27 bits per heavy atom. The summed E-state index contributed by atoms with van der Waals surface area (Å²) in [4.78, 5) is 30.3. The number of carbonyl (C=O) groups excluding carboxylic acids is 1. The van der Waals surface area contributed by atoms with E-state index in [1.165, 1.54) is 12.1 Å². The van der Waals surface area contributed by atoms with E-state index < -0.39 is 22.3 Å². The fourth-order valence-corrected chi connectivity index (χ4v) is 1.99. The van der Waals surface area contributed by atoms with Crippen molar-refractivity contribution < 1.29 is 18.8 Å². The summed E-state index contributed by atoms with van der Waals surface area (Å²) in [5.41, 5.74) is 4.44. The van der Waals surface area contributed by atoms with Gasteiger partial charge in [0.1, 0.15) is 12.1 Å². The molecule has 138 valence electrons. The van der Waals surface area contributed by atoms with E-state index in [1.807, 2.05) is 0 Å². The Balaban J connectivity index is 2.09. The summed E-state index contributed by atoms with van der Waals surface area (Å²) < 4.78 is 17.8. The summed E-state index contributed by atoms with van der Waals surface area (Å²) in [7, 11) is 1.55. The number of carbonyl (C=O) groups is 1. The van der Waals surface area contributed by atoms with Crippen LogP contribution in [0.3, 0.4) is 0 Å². The molecule has 0 saturated heterocycles. The number of hydrogen-bond acceptors (Lipinski definition) is 8. The molecule has 0 radical (unpaired) electrons. The molecular formula is C15H17FN6O4. The first-order chi connectivity index (χ1) is 12.5. The predicted molar refractivity (Wildman–Crippen MR) is 91.2 cm³/mol. The zero-order valence-corrected chi connectivity index (χ0v) is 13.9. The maximum atomic E-state index is 12.9. The smallest absolute Gasteiger partial charge is 0.354 e. The van der Waals surface area contributed by atoms with Crippen molar-refractivity contribution in [1.82, 2.24) is 15.4 Å². The molecule has 10 nitrogen and oxygen atoms in total. The van der Waals surface area contributed by atoms with Crippen molar-refractivity contribution in [2.24, 2.45) is 0 Å². The number of anilines is 2. The van der Waals surface area contributed by atoms with Crippen LogP contribution in [0.25, 0.3) is 0 Å². The molecule has 1 amide bonds. The molecule has 0 atom stereocenters. The van der Waals surface area contributed by atoms with Crippen LogP contribution >= 0.6 is 0 Å². The van der Waals surface area contributed by atoms with Crippen LogP contribution in [0.4, 0.5) is 21.7 Å². The van der Waals surface area contributed by atoms with E-state index in [1.54, 1.807) is 7.11 Å². The predicted octanol–water partition coefficient (Wildman–Crippen LogP) is 1.73. The molecule has 0 aliphatic heterocycles. The highest BCUT2D eigenvalue weighted by atomic mass is 19.1. The Bertz CT molecular complexity index is 771. The number of aromatic nitrogens is 2. The number of amides is 1. The van der Waals surface area contributed by atoms with Crippen molar-refractivity contribution in [3.8, 4) is 0 Å². The number of nitrogens with zero attached hydrogens (tertiary/aromatic N) is 3. The lowest BCUT2D eigenvalue weighted by Gasteiger charge is -2.11. The van der Waals surface area contributed by atoms with Gasteiger partial charge in [0.15, 0.2) is 0 Å². The van der Waals surface area contributed by atoms with Gasteiger partial charge in [-0.1, -0.05) is 0 Å². The normalized spacial score (nSPS) is 10.2. The largest absolute Gasteiger partial charge is 0.385 e. The molecule has 1 aromatic heterocycles. The average molecular weight is 364 g/mol. The molecule has 0 bridgehead atoms. The average Bonchev–Trinajstić information content (AvgIpc) is 2.63. The number of methoxy groups -OCH3 is 1. The number of hydrazine groups is 1. The van der Waals surface area contributed by atoms with Gasteiger partial charge >= 0.3 is 5.69 Å². The van der Waals surface area contributed by atoms with Gasteiger partial charge in [0, 0.05) is 25.8 Å². The topological polar surface area (TPSA) is 131 Å². The number of nitrogens with one attached hydrogen (secondary N) is 3. The summed E-state index contributed by atoms with van der Waals surface area (Å²) >= 11 is 0. The van der Waals surface area contributed by atoms with E-state index in [0.717, 1.165) is 18.5 Å². The van der Waals surface area contributed by atoms with Gasteiger partial charge in [0.05, 0.1) is 4.92 Å². The molecule has 1 heterocycles. The summed E-state index contributed by atoms with van der Waals surface area (Å²) in [5.74, 6) is -1.26. The highest BCUT2D eigenvalue weighted by molar-refractivity contribution is 5.95. The third-order valence-corrected chi connectivity index (χ3v) is 3.22. The minimum atomic E-state index is -0.662. The monoisotopic (exact) mass is 364 g/mol. The Labute approximate surface area is 147 Å². The maximum absolute atomic E-state index is 12.9.